The Bertz CT molecular complexity index is 255. The summed E-state index contributed by atoms with van der Waals surface area (Å²) in [6.07, 6.45) is 6.42. The van der Waals surface area contributed by atoms with Crippen molar-refractivity contribution >= 4 is 0 Å². The molecule has 2 unspecified atom stereocenters. The Hall–Kier alpha value is -0.120. The maximum absolute atomic E-state index is 9.35. The molecule has 0 amide bonds. The summed E-state index contributed by atoms with van der Waals surface area (Å²) in [7, 11) is 0. The highest BCUT2D eigenvalue weighted by molar-refractivity contribution is 4.97. The minimum absolute atomic E-state index is 0.400. The standard InChI is InChI=1S/C14H25NO2/c16-9-13-3-1-2-12(13)8-15-10-14(11-15)4-6-17-7-5-14/h12-13,16H,1-11H2. The molecular formula is C14H25NO2. The first-order valence-electron chi connectivity index (χ1n) is 7.22. The van der Waals surface area contributed by atoms with E-state index in [0.717, 1.165) is 19.1 Å². The van der Waals surface area contributed by atoms with Gasteiger partial charge >= 0.3 is 0 Å². The van der Waals surface area contributed by atoms with Crippen molar-refractivity contribution in [3.8, 4) is 0 Å². The smallest absolute Gasteiger partial charge is 0.0472 e. The zero-order valence-corrected chi connectivity index (χ0v) is 10.7. The van der Waals surface area contributed by atoms with E-state index in [1.807, 2.05) is 0 Å². The van der Waals surface area contributed by atoms with Crippen molar-refractivity contribution in [2.75, 3.05) is 39.5 Å². The lowest BCUT2D eigenvalue weighted by Crippen LogP contribution is -2.59. The van der Waals surface area contributed by atoms with Crippen molar-refractivity contribution in [1.82, 2.24) is 4.90 Å². The van der Waals surface area contributed by atoms with Gasteiger partial charge in [0.25, 0.3) is 0 Å². The number of aliphatic hydroxyl groups is 1. The zero-order valence-electron chi connectivity index (χ0n) is 10.7. The summed E-state index contributed by atoms with van der Waals surface area (Å²) >= 11 is 0. The SMILES string of the molecule is OCC1CCCC1CN1CC2(CCOCC2)C1. The van der Waals surface area contributed by atoms with E-state index in [9.17, 15) is 5.11 Å². The first kappa shape index (κ1) is 11.9. The van der Waals surface area contributed by atoms with Gasteiger partial charge < -0.3 is 14.7 Å². The number of rotatable bonds is 3. The van der Waals surface area contributed by atoms with Crippen molar-refractivity contribution in [3.63, 3.8) is 0 Å². The van der Waals surface area contributed by atoms with E-state index >= 15 is 0 Å². The molecule has 0 aromatic rings. The molecule has 1 N–H and O–H groups in total. The van der Waals surface area contributed by atoms with Gasteiger partial charge in [0.1, 0.15) is 0 Å². The molecule has 3 nitrogen and oxygen atoms in total. The van der Waals surface area contributed by atoms with Crippen molar-refractivity contribution in [2.45, 2.75) is 32.1 Å². The van der Waals surface area contributed by atoms with Crippen molar-refractivity contribution in [3.05, 3.63) is 0 Å². The minimum atomic E-state index is 0.400. The molecule has 1 aliphatic carbocycles. The predicted octanol–water partition coefficient (Wildman–Crippen LogP) is 1.51. The topological polar surface area (TPSA) is 32.7 Å². The first-order chi connectivity index (χ1) is 8.31. The number of hydrogen-bond donors (Lipinski definition) is 1. The molecule has 0 aromatic carbocycles. The van der Waals surface area contributed by atoms with E-state index in [1.165, 1.54) is 51.7 Å². The molecule has 0 radical (unpaired) electrons. The lowest BCUT2D eigenvalue weighted by molar-refractivity contribution is -0.0871. The fraction of sp³-hybridized carbons (Fsp3) is 1.00. The molecule has 2 heterocycles. The largest absolute Gasteiger partial charge is 0.396 e. The van der Waals surface area contributed by atoms with Crippen LogP contribution < -0.4 is 0 Å². The Balaban J connectivity index is 1.46. The van der Waals surface area contributed by atoms with Gasteiger partial charge in [-0.05, 0) is 37.5 Å². The van der Waals surface area contributed by atoms with Gasteiger partial charge in [-0.15, -0.1) is 0 Å². The van der Waals surface area contributed by atoms with E-state index in [4.69, 9.17) is 4.74 Å². The average Bonchev–Trinajstić information content (AvgIpc) is 2.76. The molecule has 0 bridgehead atoms. The van der Waals surface area contributed by atoms with Gasteiger partial charge in [0.05, 0.1) is 0 Å². The van der Waals surface area contributed by atoms with Gasteiger partial charge in [0, 0.05) is 44.9 Å². The molecule has 3 fully saturated rings. The molecule has 98 valence electrons. The molecule has 0 aromatic heterocycles. The Kier molecular flexibility index (Phi) is 3.42. The number of nitrogens with zero attached hydrogens (tertiary/aromatic N) is 1. The lowest BCUT2D eigenvalue weighted by atomic mass is 9.73. The third-order valence-corrected chi connectivity index (χ3v) is 5.22. The number of aliphatic hydroxyl groups excluding tert-OH is 1. The molecule has 17 heavy (non-hydrogen) atoms. The van der Waals surface area contributed by atoms with E-state index in [1.54, 1.807) is 0 Å². The van der Waals surface area contributed by atoms with Crippen molar-refractivity contribution < 1.29 is 9.84 Å². The molecule has 1 saturated carbocycles. The Morgan fingerprint density at radius 2 is 1.82 bits per heavy atom. The predicted molar refractivity (Wildman–Crippen MR) is 66.8 cm³/mol. The van der Waals surface area contributed by atoms with E-state index in [-0.39, 0.29) is 0 Å². The molecule has 2 atom stereocenters. The van der Waals surface area contributed by atoms with Gasteiger partial charge in [-0.3, -0.25) is 0 Å². The van der Waals surface area contributed by atoms with Crippen LogP contribution in [0.15, 0.2) is 0 Å². The second kappa shape index (κ2) is 4.87. The average molecular weight is 239 g/mol. The molecule has 2 aliphatic heterocycles. The van der Waals surface area contributed by atoms with Crippen LogP contribution in [0.2, 0.25) is 0 Å². The zero-order chi connectivity index (χ0) is 11.7. The highest BCUT2D eigenvalue weighted by Crippen LogP contribution is 2.41. The van der Waals surface area contributed by atoms with Crippen LogP contribution in [0.25, 0.3) is 0 Å². The van der Waals surface area contributed by atoms with Crippen LogP contribution >= 0.6 is 0 Å². The summed E-state index contributed by atoms with van der Waals surface area (Å²) in [5.41, 5.74) is 0.603. The second-order valence-corrected chi connectivity index (χ2v) is 6.42. The third-order valence-electron chi connectivity index (χ3n) is 5.22. The molecule has 3 aliphatic rings. The summed E-state index contributed by atoms with van der Waals surface area (Å²) < 4.78 is 5.45. The van der Waals surface area contributed by atoms with Crippen LogP contribution in [-0.2, 0) is 4.74 Å². The van der Waals surface area contributed by atoms with Crippen LogP contribution in [0.5, 0.6) is 0 Å². The van der Waals surface area contributed by atoms with Crippen molar-refractivity contribution in [1.29, 1.82) is 0 Å². The summed E-state index contributed by atoms with van der Waals surface area (Å²) in [6, 6.07) is 0. The lowest BCUT2D eigenvalue weighted by Gasteiger charge is -2.53. The molecule has 2 saturated heterocycles. The van der Waals surface area contributed by atoms with E-state index in [0.29, 0.717) is 17.9 Å². The maximum atomic E-state index is 9.35. The van der Waals surface area contributed by atoms with Crippen LogP contribution in [0.3, 0.4) is 0 Å². The fourth-order valence-electron chi connectivity index (χ4n) is 4.08. The molecule has 3 heteroatoms. The quantitative estimate of drug-likeness (QED) is 0.810. The molecule has 1 spiro atoms. The van der Waals surface area contributed by atoms with Gasteiger partial charge in [0.2, 0.25) is 0 Å². The summed E-state index contributed by atoms with van der Waals surface area (Å²) in [6.45, 7) is 6.13. The number of hydrogen-bond acceptors (Lipinski definition) is 3. The van der Waals surface area contributed by atoms with Crippen LogP contribution in [0.4, 0.5) is 0 Å². The van der Waals surface area contributed by atoms with E-state index in [2.05, 4.69) is 4.90 Å². The van der Waals surface area contributed by atoms with Crippen LogP contribution in [0.1, 0.15) is 32.1 Å². The second-order valence-electron chi connectivity index (χ2n) is 6.42. The Morgan fingerprint density at radius 3 is 2.53 bits per heavy atom. The Morgan fingerprint density at radius 1 is 1.12 bits per heavy atom. The summed E-state index contributed by atoms with van der Waals surface area (Å²) in [5.74, 6) is 1.35. The first-order valence-corrected chi connectivity index (χ1v) is 7.22. The number of likely N-dealkylation sites (tertiary alicyclic amines) is 1. The third kappa shape index (κ3) is 2.38. The molecular weight excluding hydrogens is 214 g/mol. The highest BCUT2D eigenvalue weighted by atomic mass is 16.5. The monoisotopic (exact) mass is 239 g/mol. The summed E-state index contributed by atoms with van der Waals surface area (Å²) in [4.78, 5) is 2.62. The van der Waals surface area contributed by atoms with Crippen LogP contribution in [-0.4, -0.2) is 49.5 Å². The van der Waals surface area contributed by atoms with Gasteiger partial charge in [-0.2, -0.15) is 0 Å². The van der Waals surface area contributed by atoms with Gasteiger partial charge in [0.15, 0.2) is 0 Å². The van der Waals surface area contributed by atoms with Gasteiger partial charge in [-0.25, -0.2) is 0 Å². The Labute approximate surface area is 104 Å². The summed E-state index contributed by atoms with van der Waals surface area (Å²) in [5, 5.41) is 9.35. The number of ether oxygens (including phenoxy) is 1. The fourth-order valence-corrected chi connectivity index (χ4v) is 4.08. The van der Waals surface area contributed by atoms with Crippen LogP contribution in [0, 0.1) is 17.3 Å². The minimum Gasteiger partial charge on any atom is -0.396 e. The normalized spacial score (nSPS) is 37.2. The van der Waals surface area contributed by atoms with Crippen molar-refractivity contribution in [2.24, 2.45) is 17.3 Å². The maximum Gasteiger partial charge on any atom is 0.0472 e. The van der Waals surface area contributed by atoms with E-state index < -0.39 is 0 Å². The highest BCUT2D eigenvalue weighted by Gasteiger charge is 2.44. The van der Waals surface area contributed by atoms with Gasteiger partial charge in [-0.1, -0.05) is 6.42 Å². The molecule has 3 rings (SSSR count).